The van der Waals surface area contributed by atoms with Gasteiger partial charge in [-0.25, -0.2) is 4.79 Å². The molecule has 0 aromatic heterocycles. The molecule has 4 nitrogen and oxygen atoms in total. The molecule has 0 radical (unpaired) electrons. The average molecular weight is 369 g/mol. The van der Waals surface area contributed by atoms with Gasteiger partial charge in [-0.2, -0.15) is 0 Å². The van der Waals surface area contributed by atoms with Crippen molar-refractivity contribution < 1.29 is 9.90 Å². The van der Waals surface area contributed by atoms with E-state index in [1.807, 2.05) is 18.2 Å². The fourth-order valence-electron chi connectivity index (χ4n) is 5.07. The zero-order valence-electron chi connectivity index (χ0n) is 14.5. The second kappa shape index (κ2) is 5.92. The zero-order valence-corrected chi connectivity index (χ0v) is 15.2. The Balaban J connectivity index is 1.64. The predicted molar refractivity (Wildman–Crippen MR) is 103 cm³/mol. The van der Waals surface area contributed by atoms with Crippen LogP contribution in [-0.2, 0) is 6.42 Å². The van der Waals surface area contributed by atoms with Crippen LogP contribution in [0.2, 0.25) is 5.02 Å². The zero-order chi connectivity index (χ0) is 17.8. The molecular formula is C21H21ClN2O2. The number of amides is 1. The summed E-state index contributed by atoms with van der Waals surface area (Å²) in [4.78, 5) is 15.6. The number of piperidine rings is 1. The third-order valence-electron chi connectivity index (χ3n) is 6.18. The van der Waals surface area contributed by atoms with Crippen LogP contribution in [0, 0.1) is 0 Å². The van der Waals surface area contributed by atoms with Gasteiger partial charge in [-0.15, -0.1) is 0 Å². The van der Waals surface area contributed by atoms with Crippen molar-refractivity contribution in [1.29, 1.82) is 0 Å². The van der Waals surface area contributed by atoms with Gasteiger partial charge in [0.2, 0.25) is 0 Å². The lowest BCUT2D eigenvalue weighted by Crippen LogP contribution is -2.48. The van der Waals surface area contributed by atoms with Crippen LogP contribution in [0.3, 0.4) is 0 Å². The Morgan fingerprint density at radius 2 is 2.04 bits per heavy atom. The van der Waals surface area contributed by atoms with Gasteiger partial charge in [0.1, 0.15) is 0 Å². The van der Waals surface area contributed by atoms with E-state index < -0.39 is 6.09 Å². The summed E-state index contributed by atoms with van der Waals surface area (Å²) in [5.41, 5.74) is 6.28. The summed E-state index contributed by atoms with van der Waals surface area (Å²) >= 11 is 6.45. The van der Waals surface area contributed by atoms with E-state index in [0.29, 0.717) is 19.1 Å². The summed E-state index contributed by atoms with van der Waals surface area (Å²) < 4.78 is 0. The van der Waals surface area contributed by atoms with Crippen LogP contribution in [0.4, 0.5) is 10.5 Å². The minimum Gasteiger partial charge on any atom is -0.465 e. The lowest BCUT2D eigenvalue weighted by Gasteiger charge is -2.39. The third kappa shape index (κ3) is 2.32. The van der Waals surface area contributed by atoms with E-state index in [-0.39, 0.29) is 5.92 Å². The first kappa shape index (κ1) is 16.0. The maximum absolute atomic E-state index is 11.5. The molecule has 1 fully saturated rings. The second-order valence-electron chi connectivity index (χ2n) is 7.54. The number of hydrogen-bond donors (Lipinski definition) is 1. The number of carboxylic acid groups (broad SMARTS) is 1. The summed E-state index contributed by atoms with van der Waals surface area (Å²) in [7, 11) is 0. The molecule has 0 unspecified atom stereocenters. The quantitative estimate of drug-likeness (QED) is 0.799. The first-order valence-corrected chi connectivity index (χ1v) is 9.67. The van der Waals surface area contributed by atoms with Gasteiger partial charge in [0.15, 0.2) is 0 Å². The minimum atomic E-state index is -0.805. The summed E-state index contributed by atoms with van der Waals surface area (Å²) in [6.07, 6.45) is 2.34. The Morgan fingerprint density at radius 1 is 1.19 bits per heavy atom. The highest BCUT2D eigenvalue weighted by molar-refractivity contribution is 6.33. The third-order valence-corrected chi connectivity index (χ3v) is 6.51. The number of carbonyl (C=O) groups is 1. The number of fused-ring (bicyclic) bond motifs is 3. The lowest BCUT2D eigenvalue weighted by molar-refractivity contribution is 0.127. The van der Waals surface area contributed by atoms with Gasteiger partial charge in [-0.05, 0) is 54.2 Å². The fraction of sp³-hybridized carbons (Fsp3) is 0.381. The van der Waals surface area contributed by atoms with E-state index in [9.17, 15) is 9.90 Å². The summed E-state index contributed by atoms with van der Waals surface area (Å²) in [6.45, 7) is 2.31. The van der Waals surface area contributed by atoms with E-state index >= 15 is 0 Å². The molecule has 0 aliphatic carbocycles. The normalized spacial score (nSPS) is 23.6. The van der Waals surface area contributed by atoms with Crippen LogP contribution in [0.5, 0.6) is 0 Å². The molecule has 0 bridgehead atoms. The van der Waals surface area contributed by atoms with Crippen LogP contribution >= 0.6 is 11.6 Å². The molecule has 26 heavy (non-hydrogen) atoms. The van der Waals surface area contributed by atoms with Crippen molar-refractivity contribution in [2.24, 2.45) is 0 Å². The van der Waals surface area contributed by atoms with Crippen molar-refractivity contribution in [2.45, 2.75) is 31.2 Å². The smallest absolute Gasteiger partial charge is 0.407 e. The maximum atomic E-state index is 11.5. The van der Waals surface area contributed by atoms with Crippen LogP contribution < -0.4 is 4.90 Å². The molecule has 2 aromatic rings. The van der Waals surface area contributed by atoms with E-state index in [1.54, 1.807) is 4.90 Å². The average Bonchev–Trinajstić information content (AvgIpc) is 2.97. The van der Waals surface area contributed by atoms with Crippen LogP contribution in [0.25, 0.3) is 11.1 Å². The highest BCUT2D eigenvalue weighted by Crippen LogP contribution is 2.50. The Hall–Kier alpha value is -2.20. The largest absolute Gasteiger partial charge is 0.465 e. The van der Waals surface area contributed by atoms with Gasteiger partial charge in [0, 0.05) is 47.9 Å². The Morgan fingerprint density at radius 3 is 2.85 bits per heavy atom. The summed E-state index contributed by atoms with van der Waals surface area (Å²) in [5.74, 6) is 0.258. The van der Waals surface area contributed by atoms with E-state index in [2.05, 4.69) is 23.1 Å². The van der Waals surface area contributed by atoms with Crippen molar-refractivity contribution in [3.8, 4) is 11.1 Å². The lowest BCUT2D eigenvalue weighted by atomic mass is 9.87. The number of nitrogens with zero attached hydrogens (tertiary/aromatic N) is 2. The monoisotopic (exact) mass is 368 g/mol. The Kier molecular flexibility index (Phi) is 3.64. The number of halogens is 1. The van der Waals surface area contributed by atoms with E-state index in [0.717, 1.165) is 42.0 Å². The molecule has 2 aromatic carbocycles. The molecule has 134 valence electrons. The van der Waals surface area contributed by atoms with Gasteiger partial charge in [-0.1, -0.05) is 29.8 Å². The van der Waals surface area contributed by atoms with Crippen LogP contribution in [-0.4, -0.2) is 41.8 Å². The van der Waals surface area contributed by atoms with E-state index in [1.165, 1.54) is 16.8 Å². The van der Waals surface area contributed by atoms with Crippen molar-refractivity contribution in [1.82, 2.24) is 4.90 Å². The van der Waals surface area contributed by atoms with Gasteiger partial charge < -0.3 is 14.9 Å². The molecule has 5 rings (SSSR count). The Bertz CT molecular complexity index is 898. The standard InChI is InChI=1S/C21H21ClN2O2/c22-18-6-2-1-5-15(18)14-10-13-4-3-8-24-19-7-9-23(21(25)26)12-17(19)16(11-14)20(13)24/h1-2,5-6,10-11,17,19H,3-4,7-9,12H2,(H,25,26)/t17-,19-/m0/s1. The predicted octanol–water partition coefficient (Wildman–Crippen LogP) is 4.61. The van der Waals surface area contributed by atoms with Gasteiger partial charge >= 0.3 is 6.09 Å². The maximum Gasteiger partial charge on any atom is 0.407 e. The molecule has 1 amide bonds. The molecule has 2 atom stereocenters. The minimum absolute atomic E-state index is 0.258. The van der Waals surface area contributed by atoms with Crippen LogP contribution in [0.15, 0.2) is 36.4 Å². The van der Waals surface area contributed by atoms with Crippen molar-refractivity contribution in [3.05, 3.63) is 52.5 Å². The Labute approximate surface area is 158 Å². The first-order valence-electron chi connectivity index (χ1n) is 9.29. The number of hydrogen-bond acceptors (Lipinski definition) is 2. The SMILES string of the molecule is O=C(O)N1CC[C@H]2[C@@H](C1)c1cc(-c3ccccc3Cl)cc3c1N2CCC3. The van der Waals surface area contributed by atoms with Gasteiger partial charge in [-0.3, -0.25) is 0 Å². The number of anilines is 1. The number of aryl methyl sites for hydroxylation is 1. The number of benzene rings is 2. The topological polar surface area (TPSA) is 43.8 Å². The molecule has 1 N–H and O–H groups in total. The van der Waals surface area contributed by atoms with Crippen molar-refractivity contribution in [2.75, 3.05) is 24.5 Å². The molecular weight excluding hydrogens is 348 g/mol. The van der Waals surface area contributed by atoms with Crippen molar-refractivity contribution in [3.63, 3.8) is 0 Å². The molecule has 1 saturated heterocycles. The molecule has 5 heteroatoms. The first-order chi connectivity index (χ1) is 12.6. The highest BCUT2D eigenvalue weighted by Gasteiger charge is 2.44. The fourth-order valence-corrected chi connectivity index (χ4v) is 5.31. The molecule has 3 aliphatic heterocycles. The molecule has 3 heterocycles. The summed E-state index contributed by atoms with van der Waals surface area (Å²) in [6, 6.07) is 12.9. The molecule has 0 spiro atoms. The molecule has 3 aliphatic rings. The summed E-state index contributed by atoms with van der Waals surface area (Å²) in [5, 5.41) is 10.2. The highest BCUT2D eigenvalue weighted by atomic mass is 35.5. The van der Waals surface area contributed by atoms with Crippen molar-refractivity contribution >= 4 is 23.4 Å². The van der Waals surface area contributed by atoms with E-state index in [4.69, 9.17) is 11.6 Å². The van der Waals surface area contributed by atoms with Gasteiger partial charge in [0.05, 0.1) is 0 Å². The second-order valence-corrected chi connectivity index (χ2v) is 7.95. The van der Waals surface area contributed by atoms with Crippen LogP contribution in [0.1, 0.15) is 29.9 Å². The molecule has 0 saturated carbocycles. The van der Waals surface area contributed by atoms with Gasteiger partial charge in [0.25, 0.3) is 0 Å². The number of rotatable bonds is 1. The number of likely N-dealkylation sites (tertiary alicyclic amines) is 1.